The Hall–Kier alpha value is -3.51. The minimum Gasteiger partial charge on any atom is -0.325 e. The number of hydrogen-bond donors (Lipinski definition) is 1. The molecule has 0 radical (unpaired) electrons. The van der Waals surface area contributed by atoms with E-state index in [1.165, 1.54) is 12.1 Å². The van der Waals surface area contributed by atoms with Gasteiger partial charge in [-0.3, -0.25) is 4.79 Å². The van der Waals surface area contributed by atoms with E-state index in [0.717, 1.165) is 27.8 Å². The molecule has 30 heavy (non-hydrogen) atoms. The Labute approximate surface area is 173 Å². The number of halogens is 1. The fourth-order valence-corrected chi connectivity index (χ4v) is 4.23. The predicted octanol–water partition coefficient (Wildman–Crippen LogP) is 4.22. The second-order valence-corrected chi connectivity index (χ2v) is 7.71. The highest BCUT2D eigenvalue weighted by molar-refractivity contribution is 6.00. The maximum Gasteiger partial charge on any atom is 0.232 e. The molecule has 2 heterocycles. The molecule has 1 fully saturated rings. The minimum absolute atomic E-state index is 0.0154. The zero-order valence-corrected chi connectivity index (χ0v) is 16.4. The molecule has 3 aromatic carbocycles. The van der Waals surface area contributed by atoms with Gasteiger partial charge in [0.15, 0.2) is 0 Å². The van der Waals surface area contributed by atoms with Crippen molar-refractivity contribution < 1.29 is 9.18 Å². The molecule has 0 saturated carbocycles. The average molecular weight is 400 g/mol. The first-order valence-corrected chi connectivity index (χ1v) is 9.92. The Morgan fingerprint density at radius 3 is 2.40 bits per heavy atom. The fraction of sp³-hybridized carbons (Fsp3) is 0.167. The monoisotopic (exact) mass is 400 g/mol. The van der Waals surface area contributed by atoms with E-state index < -0.39 is 0 Å². The molecule has 5 rings (SSSR count). The SMILES string of the molecule is C[C@@H]1C(=O)N(c2ccc3c(cnn3-c3ccc(F)cc3)c2)C(c2ccccc2)[C@H]1N. The van der Waals surface area contributed by atoms with E-state index in [9.17, 15) is 9.18 Å². The number of fused-ring (bicyclic) bond motifs is 1. The van der Waals surface area contributed by atoms with Crippen LogP contribution in [0.1, 0.15) is 18.5 Å². The van der Waals surface area contributed by atoms with Crippen molar-refractivity contribution in [2.45, 2.75) is 19.0 Å². The molecule has 1 aliphatic heterocycles. The summed E-state index contributed by atoms with van der Waals surface area (Å²) in [6.07, 6.45) is 1.75. The van der Waals surface area contributed by atoms with Crippen molar-refractivity contribution in [2.75, 3.05) is 4.90 Å². The Morgan fingerprint density at radius 2 is 1.67 bits per heavy atom. The number of carbonyl (C=O) groups excluding carboxylic acids is 1. The van der Waals surface area contributed by atoms with Crippen LogP contribution in [0.3, 0.4) is 0 Å². The van der Waals surface area contributed by atoms with Crippen molar-refractivity contribution in [3.8, 4) is 5.69 Å². The highest BCUT2D eigenvalue weighted by Crippen LogP contribution is 2.40. The van der Waals surface area contributed by atoms with Gasteiger partial charge in [-0.25, -0.2) is 9.07 Å². The lowest BCUT2D eigenvalue weighted by molar-refractivity contribution is -0.120. The standard InChI is InChI=1S/C24H21FN4O/c1-15-22(26)23(16-5-3-2-4-6-16)28(24(15)30)20-11-12-21-17(13-20)14-27-29(21)19-9-7-18(25)8-10-19/h2-15,22-23H,26H2,1H3/t15-,22-,23?/m0/s1. The normalized spacial score (nSPS) is 21.5. The van der Waals surface area contributed by atoms with Crippen LogP contribution in [0.4, 0.5) is 10.1 Å². The second-order valence-electron chi connectivity index (χ2n) is 7.71. The number of benzene rings is 3. The number of nitrogens with zero attached hydrogens (tertiary/aromatic N) is 3. The third kappa shape index (κ3) is 2.88. The maximum atomic E-state index is 13.3. The maximum absolute atomic E-state index is 13.3. The average Bonchev–Trinajstić information content (AvgIpc) is 3.29. The fourth-order valence-electron chi connectivity index (χ4n) is 4.23. The molecule has 0 bridgehead atoms. The van der Waals surface area contributed by atoms with Crippen LogP contribution in [0.5, 0.6) is 0 Å². The van der Waals surface area contributed by atoms with E-state index in [2.05, 4.69) is 5.10 Å². The Kier molecular flexibility index (Phi) is 4.37. The summed E-state index contributed by atoms with van der Waals surface area (Å²) in [6.45, 7) is 1.88. The van der Waals surface area contributed by atoms with Gasteiger partial charge in [0, 0.05) is 17.1 Å². The molecular formula is C24H21FN4O. The van der Waals surface area contributed by atoms with Crippen molar-refractivity contribution in [2.24, 2.45) is 11.7 Å². The molecule has 6 heteroatoms. The lowest BCUT2D eigenvalue weighted by atomic mass is 9.95. The number of carbonyl (C=O) groups is 1. The zero-order valence-electron chi connectivity index (χ0n) is 16.4. The van der Waals surface area contributed by atoms with Gasteiger partial charge in [0.25, 0.3) is 0 Å². The van der Waals surface area contributed by atoms with Gasteiger partial charge in [-0.05, 0) is 48.0 Å². The summed E-state index contributed by atoms with van der Waals surface area (Å²) in [4.78, 5) is 14.9. The van der Waals surface area contributed by atoms with E-state index in [-0.39, 0.29) is 29.7 Å². The molecule has 4 aromatic rings. The van der Waals surface area contributed by atoms with Crippen LogP contribution in [-0.2, 0) is 4.79 Å². The molecule has 1 aromatic heterocycles. The van der Waals surface area contributed by atoms with Crippen molar-refractivity contribution in [1.82, 2.24) is 9.78 Å². The van der Waals surface area contributed by atoms with Gasteiger partial charge < -0.3 is 10.6 Å². The Morgan fingerprint density at radius 1 is 0.967 bits per heavy atom. The van der Waals surface area contributed by atoms with Gasteiger partial charge >= 0.3 is 0 Å². The summed E-state index contributed by atoms with van der Waals surface area (Å²) in [5.41, 5.74) is 9.93. The minimum atomic E-state index is -0.294. The van der Waals surface area contributed by atoms with Crippen LogP contribution < -0.4 is 10.6 Å². The second kappa shape index (κ2) is 7.07. The molecule has 0 spiro atoms. The summed E-state index contributed by atoms with van der Waals surface area (Å²) in [5, 5.41) is 5.35. The third-order valence-electron chi connectivity index (χ3n) is 5.89. The van der Waals surface area contributed by atoms with Crippen LogP contribution in [0.25, 0.3) is 16.6 Å². The van der Waals surface area contributed by atoms with Gasteiger partial charge in [0.1, 0.15) is 5.82 Å². The molecule has 1 amide bonds. The first-order valence-electron chi connectivity index (χ1n) is 9.92. The smallest absolute Gasteiger partial charge is 0.232 e. The molecule has 1 aliphatic rings. The predicted molar refractivity (Wildman–Crippen MR) is 115 cm³/mol. The van der Waals surface area contributed by atoms with Crippen molar-refractivity contribution in [3.63, 3.8) is 0 Å². The number of anilines is 1. The van der Waals surface area contributed by atoms with Crippen LogP contribution >= 0.6 is 0 Å². The number of amides is 1. The summed E-state index contributed by atoms with van der Waals surface area (Å²) >= 11 is 0. The van der Waals surface area contributed by atoms with Gasteiger partial charge in [-0.2, -0.15) is 5.10 Å². The van der Waals surface area contributed by atoms with Gasteiger partial charge in [-0.15, -0.1) is 0 Å². The van der Waals surface area contributed by atoms with E-state index in [4.69, 9.17) is 5.73 Å². The van der Waals surface area contributed by atoms with Gasteiger partial charge in [-0.1, -0.05) is 37.3 Å². The quantitative estimate of drug-likeness (QED) is 0.560. The van der Waals surface area contributed by atoms with E-state index in [0.29, 0.717) is 0 Å². The topological polar surface area (TPSA) is 64.2 Å². The number of nitrogens with two attached hydrogens (primary N) is 1. The molecule has 3 atom stereocenters. The van der Waals surface area contributed by atoms with E-state index in [1.54, 1.807) is 27.9 Å². The molecule has 5 nitrogen and oxygen atoms in total. The number of hydrogen-bond acceptors (Lipinski definition) is 3. The summed E-state index contributed by atoms with van der Waals surface area (Å²) < 4.78 is 15.0. The lowest BCUT2D eigenvalue weighted by Crippen LogP contribution is -2.33. The molecular weight excluding hydrogens is 379 g/mol. The highest BCUT2D eigenvalue weighted by Gasteiger charge is 2.45. The molecule has 0 aliphatic carbocycles. The summed E-state index contributed by atoms with van der Waals surface area (Å²) in [6, 6.07) is 21.4. The Bertz CT molecular complexity index is 1220. The molecule has 2 N–H and O–H groups in total. The molecule has 1 unspecified atom stereocenters. The van der Waals surface area contributed by atoms with Gasteiger partial charge in [0.05, 0.1) is 29.4 Å². The zero-order chi connectivity index (χ0) is 20.8. The van der Waals surface area contributed by atoms with Crippen LogP contribution in [-0.4, -0.2) is 21.7 Å². The Balaban J connectivity index is 1.58. The van der Waals surface area contributed by atoms with Crippen molar-refractivity contribution in [1.29, 1.82) is 0 Å². The van der Waals surface area contributed by atoms with Crippen LogP contribution in [0.2, 0.25) is 0 Å². The summed E-state index contributed by atoms with van der Waals surface area (Å²) in [7, 11) is 0. The number of aromatic nitrogens is 2. The first-order chi connectivity index (χ1) is 14.5. The lowest BCUT2D eigenvalue weighted by Gasteiger charge is -2.27. The van der Waals surface area contributed by atoms with Gasteiger partial charge in [0.2, 0.25) is 5.91 Å². The van der Waals surface area contributed by atoms with Crippen LogP contribution in [0.15, 0.2) is 79.0 Å². The summed E-state index contributed by atoms with van der Waals surface area (Å²) in [5.74, 6) is -0.545. The largest absolute Gasteiger partial charge is 0.325 e. The number of rotatable bonds is 3. The molecule has 150 valence electrons. The third-order valence-corrected chi connectivity index (χ3v) is 5.89. The molecule has 1 saturated heterocycles. The van der Waals surface area contributed by atoms with Crippen molar-refractivity contribution >= 4 is 22.5 Å². The first kappa shape index (κ1) is 18.5. The van der Waals surface area contributed by atoms with E-state index >= 15 is 0 Å². The van der Waals surface area contributed by atoms with Crippen LogP contribution in [0, 0.1) is 11.7 Å². The highest BCUT2D eigenvalue weighted by atomic mass is 19.1. The van der Waals surface area contributed by atoms with E-state index in [1.807, 2.05) is 55.5 Å². The van der Waals surface area contributed by atoms with Crippen molar-refractivity contribution in [3.05, 3.63) is 90.4 Å².